The minimum absolute atomic E-state index is 0.555. The monoisotopic (exact) mass is 346 g/mol. The van der Waals surface area contributed by atoms with Crippen LogP contribution in [0, 0.1) is 34.5 Å². The smallest absolute Gasteiger partial charge is 0.241 e. The molecule has 4 rings (SSSR count). The van der Waals surface area contributed by atoms with E-state index in [1.807, 2.05) is 0 Å². The molecule has 6 atom stereocenters. The molecule has 0 aromatic rings. The maximum absolute atomic E-state index is 6.39. The molecule has 3 fully saturated rings. The molecule has 0 radical (unpaired) electrons. The fourth-order valence-electron chi connectivity index (χ4n) is 7.30. The van der Waals surface area contributed by atoms with E-state index >= 15 is 0 Å². The zero-order valence-electron chi connectivity index (χ0n) is 16.7. The van der Waals surface area contributed by atoms with Gasteiger partial charge in [0.25, 0.3) is 0 Å². The maximum atomic E-state index is 6.39. The van der Waals surface area contributed by atoms with Crippen LogP contribution in [0.3, 0.4) is 0 Å². The van der Waals surface area contributed by atoms with E-state index in [9.17, 15) is 0 Å². The SMILES string of the molecule is C[C@@]12CCC[C@H]1[C@@H]1CC[C@H]3C=C(O[Si](C)(C)C)CC[C@]3(C)[C@H]1CC2. The van der Waals surface area contributed by atoms with Crippen molar-refractivity contribution in [2.24, 2.45) is 34.5 Å². The van der Waals surface area contributed by atoms with E-state index in [-0.39, 0.29) is 0 Å². The predicted molar refractivity (Wildman–Crippen MR) is 104 cm³/mol. The van der Waals surface area contributed by atoms with Crippen molar-refractivity contribution in [3.8, 4) is 0 Å². The summed E-state index contributed by atoms with van der Waals surface area (Å²) in [7, 11) is -1.46. The van der Waals surface area contributed by atoms with Crippen LogP contribution >= 0.6 is 0 Å². The highest BCUT2D eigenvalue weighted by atomic mass is 28.4. The molecule has 136 valence electrons. The molecule has 0 unspecified atom stereocenters. The average molecular weight is 347 g/mol. The molecule has 0 aliphatic heterocycles. The molecule has 3 saturated carbocycles. The molecule has 0 bridgehead atoms. The number of rotatable bonds is 2. The van der Waals surface area contributed by atoms with Crippen LogP contribution in [0.15, 0.2) is 11.8 Å². The lowest BCUT2D eigenvalue weighted by Crippen LogP contribution is -2.51. The van der Waals surface area contributed by atoms with Crippen LogP contribution in [0.1, 0.15) is 71.6 Å². The molecule has 4 aliphatic carbocycles. The van der Waals surface area contributed by atoms with Crippen molar-refractivity contribution in [1.29, 1.82) is 0 Å². The molecule has 0 N–H and O–H groups in total. The zero-order chi connectivity index (χ0) is 17.2. The molecule has 0 spiro atoms. The second-order valence-corrected chi connectivity index (χ2v) is 15.4. The molecule has 0 aromatic carbocycles. The molecule has 24 heavy (non-hydrogen) atoms. The second-order valence-electron chi connectivity index (χ2n) is 11.0. The fourth-order valence-corrected chi connectivity index (χ4v) is 8.26. The summed E-state index contributed by atoms with van der Waals surface area (Å²) in [6.07, 6.45) is 15.6. The minimum atomic E-state index is -1.46. The predicted octanol–water partition coefficient (Wildman–Crippen LogP) is 6.76. The Kier molecular flexibility index (Phi) is 4.03. The third-order valence-corrected chi connectivity index (χ3v) is 9.33. The first-order chi connectivity index (χ1) is 11.2. The van der Waals surface area contributed by atoms with E-state index in [2.05, 4.69) is 39.6 Å². The van der Waals surface area contributed by atoms with Gasteiger partial charge in [-0.2, -0.15) is 0 Å². The molecular weight excluding hydrogens is 308 g/mol. The Bertz CT molecular complexity index is 533. The largest absolute Gasteiger partial charge is 0.548 e. The average Bonchev–Trinajstić information content (AvgIpc) is 2.88. The van der Waals surface area contributed by atoms with Crippen LogP contribution in [-0.2, 0) is 4.43 Å². The van der Waals surface area contributed by atoms with Crippen molar-refractivity contribution in [1.82, 2.24) is 0 Å². The maximum Gasteiger partial charge on any atom is 0.241 e. The summed E-state index contributed by atoms with van der Waals surface area (Å²) in [5, 5.41) is 0. The number of hydrogen-bond acceptors (Lipinski definition) is 1. The normalized spacial score (nSPS) is 48.1. The molecule has 0 saturated heterocycles. The van der Waals surface area contributed by atoms with Gasteiger partial charge in [0.15, 0.2) is 0 Å². The summed E-state index contributed by atoms with van der Waals surface area (Å²) in [6.45, 7) is 12.2. The van der Waals surface area contributed by atoms with Crippen molar-refractivity contribution in [3.63, 3.8) is 0 Å². The first-order valence-electron chi connectivity index (χ1n) is 10.6. The highest BCUT2D eigenvalue weighted by molar-refractivity contribution is 6.70. The van der Waals surface area contributed by atoms with E-state index in [4.69, 9.17) is 4.43 Å². The Morgan fingerprint density at radius 2 is 1.75 bits per heavy atom. The van der Waals surface area contributed by atoms with Gasteiger partial charge in [0.1, 0.15) is 0 Å². The highest BCUT2D eigenvalue weighted by Gasteiger charge is 2.57. The third kappa shape index (κ3) is 2.72. The summed E-state index contributed by atoms with van der Waals surface area (Å²) in [5.41, 5.74) is 1.25. The van der Waals surface area contributed by atoms with Crippen molar-refractivity contribution in [2.45, 2.75) is 91.3 Å². The van der Waals surface area contributed by atoms with Crippen molar-refractivity contribution < 1.29 is 4.43 Å². The summed E-state index contributed by atoms with van der Waals surface area (Å²) >= 11 is 0. The Morgan fingerprint density at radius 1 is 0.958 bits per heavy atom. The Balaban J connectivity index is 1.57. The van der Waals surface area contributed by atoms with Crippen LogP contribution in [0.25, 0.3) is 0 Å². The van der Waals surface area contributed by atoms with E-state index in [1.54, 1.807) is 0 Å². The van der Waals surface area contributed by atoms with E-state index < -0.39 is 8.32 Å². The fraction of sp³-hybridized carbons (Fsp3) is 0.909. The Labute approximate surface area is 150 Å². The van der Waals surface area contributed by atoms with Crippen LogP contribution in [0.4, 0.5) is 0 Å². The van der Waals surface area contributed by atoms with Gasteiger partial charge in [-0.3, -0.25) is 0 Å². The molecule has 4 aliphatic rings. The zero-order valence-corrected chi connectivity index (χ0v) is 17.7. The molecule has 2 heteroatoms. The van der Waals surface area contributed by atoms with Crippen molar-refractivity contribution in [3.05, 3.63) is 11.8 Å². The Morgan fingerprint density at radius 3 is 2.50 bits per heavy atom. The highest BCUT2D eigenvalue weighted by Crippen LogP contribution is 2.65. The van der Waals surface area contributed by atoms with Crippen molar-refractivity contribution >= 4 is 8.32 Å². The van der Waals surface area contributed by atoms with Gasteiger partial charge in [-0.15, -0.1) is 0 Å². The van der Waals surface area contributed by atoms with E-state index in [0.717, 1.165) is 23.7 Å². The van der Waals surface area contributed by atoms with Crippen LogP contribution < -0.4 is 0 Å². The van der Waals surface area contributed by atoms with Crippen LogP contribution in [0.2, 0.25) is 19.6 Å². The van der Waals surface area contributed by atoms with Gasteiger partial charge in [0.2, 0.25) is 8.32 Å². The summed E-state index contributed by atoms with van der Waals surface area (Å²) in [5.74, 6) is 5.18. The van der Waals surface area contributed by atoms with Gasteiger partial charge < -0.3 is 4.43 Å². The molecule has 0 aromatic heterocycles. The lowest BCUT2D eigenvalue weighted by atomic mass is 9.46. The standard InChI is InChI=1S/C22H38OSi/c1-21-12-6-7-19(21)18-9-8-16-15-17(23-24(3,4)5)10-14-22(16,2)20(18)11-13-21/h15-16,18-20H,6-14H2,1-5H3/t16-,18-,19-,20-,21-,22-/m0/s1. The molecule has 0 amide bonds. The lowest BCUT2D eigenvalue weighted by Gasteiger charge is -2.59. The van der Waals surface area contributed by atoms with Gasteiger partial charge in [0.05, 0.1) is 5.76 Å². The van der Waals surface area contributed by atoms with Gasteiger partial charge >= 0.3 is 0 Å². The number of allylic oxidation sites excluding steroid dienone is 2. The van der Waals surface area contributed by atoms with Crippen LogP contribution in [-0.4, -0.2) is 8.32 Å². The van der Waals surface area contributed by atoms with E-state index in [0.29, 0.717) is 10.8 Å². The first kappa shape index (κ1) is 17.2. The molecule has 0 heterocycles. The molecular formula is C22H38OSi. The Hall–Kier alpha value is -0.243. The van der Waals surface area contributed by atoms with Crippen molar-refractivity contribution in [2.75, 3.05) is 0 Å². The van der Waals surface area contributed by atoms with Gasteiger partial charge in [-0.25, -0.2) is 0 Å². The first-order valence-corrected chi connectivity index (χ1v) is 14.0. The summed E-state index contributed by atoms with van der Waals surface area (Å²) < 4.78 is 6.39. The topological polar surface area (TPSA) is 9.23 Å². The summed E-state index contributed by atoms with van der Waals surface area (Å²) in [6, 6.07) is 0. The van der Waals surface area contributed by atoms with Crippen LogP contribution in [0.5, 0.6) is 0 Å². The van der Waals surface area contributed by atoms with Gasteiger partial charge in [-0.05, 0) is 105 Å². The third-order valence-electron chi connectivity index (χ3n) is 8.46. The number of fused-ring (bicyclic) bond motifs is 5. The second kappa shape index (κ2) is 5.63. The minimum Gasteiger partial charge on any atom is -0.548 e. The van der Waals surface area contributed by atoms with Gasteiger partial charge in [-0.1, -0.05) is 20.3 Å². The molecule has 1 nitrogen and oxygen atoms in total. The summed E-state index contributed by atoms with van der Waals surface area (Å²) in [4.78, 5) is 0. The van der Waals surface area contributed by atoms with Gasteiger partial charge in [0, 0.05) is 6.42 Å². The quantitative estimate of drug-likeness (QED) is 0.502. The van der Waals surface area contributed by atoms with E-state index in [1.165, 1.54) is 63.5 Å². The number of hydrogen-bond donors (Lipinski definition) is 0. The lowest BCUT2D eigenvalue weighted by molar-refractivity contribution is -0.0835.